The standard InChI is InChI=1S/C22H26N4/c1-15(2)17-5-9-19(10-6-17)25-21-22(24-14-13-23-21)26-20-11-7-18(8-12-20)16(3)4/h5-16H,1-4H3,(H,23,25)(H,24,26)/p+1. The minimum Gasteiger partial charge on any atom is -0.334 e. The van der Waals surface area contributed by atoms with E-state index in [1.54, 1.807) is 12.4 Å². The van der Waals surface area contributed by atoms with Gasteiger partial charge in [0.05, 0.1) is 6.20 Å². The molecule has 4 heteroatoms. The molecule has 0 bridgehead atoms. The number of hydrogen-bond donors (Lipinski definition) is 2. The van der Waals surface area contributed by atoms with Crippen LogP contribution in [0.25, 0.3) is 0 Å². The van der Waals surface area contributed by atoms with E-state index in [1.807, 2.05) is 0 Å². The Morgan fingerprint density at radius 3 is 1.85 bits per heavy atom. The molecule has 4 nitrogen and oxygen atoms in total. The van der Waals surface area contributed by atoms with Crippen molar-refractivity contribution in [2.75, 3.05) is 5.32 Å². The van der Waals surface area contributed by atoms with Crippen molar-refractivity contribution < 1.29 is 5.32 Å². The molecule has 0 unspecified atom stereocenters. The van der Waals surface area contributed by atoms with Gasteiger partial charge in [-0.2, -0.15) is 4.98 Å². The Morgan fingerprint density at radius 1 is 0.731 bits per heavy atom. The number of hydrogen-bond acceptors (Lipinski definition) is 3. The van der Waals surface area contributed by atoms with Gasteiger partial charge in [0, 0.05) is 11.9 Å². The summed E-state index contributed by atoms with van der Waals surface area (Å²) in [5.41, 5.74) is 4.80. The number of nitrogens with two attached hydrogens (primary N) is 1. The average Bonchev–Trinajstić information content (AvgIpc) is 2.64. The smallest absolute Gasteiger partial charge is 0.273 e. The first-order valence-electron chi connectivity index (χ1n) is 9.15. The molecule has 0 spiro atoms. The van der Waals surface area contributed by atoms with Crippen LogP contribution in [0.1, 0.15) is 50.7 Å². The van der Waals surface area contributed by atoms with Crippen LogP contribution in [0, 0.1) is 0 Å². The molecular formula is C22H27N4+. The minimum atomic E-state index is 0.526. The van der Waals surface area contributed by atoms with Crippen LogP contribution in [-0.4, -0.2) is 9.97 Å². The van der Waals surface area contributed by atoms with Crippen molar-refractivity contribution in [1.29, 1.82) is 0 Å². The highest BCUT2D eigenvalue weighted by Gasteiger charge is 2.11. The van der Waals surface area contributed by atoms with Crippen LogP contribution in [0.2, 0.25) is 0 Å². The molecular weight excluding hydrogens is 320 g/mol. The lowest BCUT2D eigenvalue weighted by Gasteiger charge is -2.10. The van der Waals surface area contributed by atoms with Gasteiger partial charge in [0.1, 0.15) is 5.69 Å². The third-order valence-corrected chi connectivity index (χ3v) is 4.47. The first-order chi connectivity index (χ1) is 12.5. The predicted molar refractivity (Wildman–Crippen MR) is 108 cm³/mol. The molecule has 0 aliphatic heterocycles. The molecule has 1 heterocycles. The second-order valence-electron chi connectivity index (χ2n) is 7.16. The zero-order valence-electron chi connectivity index (χ0n) is 15.9. The fourth-order valence-electron chi connectivity index (χ4n) is 2.77. The number of nitrogens with zero attached hydrogens (tertiary/aromatic N) is 2. The molecule has 0 saturated carbocycles. The van der Waals surface area contributed by atoms with Crippen molar-refractivity contribution in [3.05, 3.63) is 72.1 Å². The lowest BCUT2D eigenvalue weighted by Crippen LogP contribution is -2.71. The van der Waals surface area contributed by atoms with Gasteiger partial charge in [-0.3, -0.25) is 5.32 Å². The summed E-state index contributed by atoms with van der Waals surface area (Å²) < 4.78 is 0. The molecule has 1 aromatic heterocycles. The van der Waals surface area contributed by atoms with Crippen molar-refractivity contribution >= 4 is 23.0 Å². The topological polar surface area (TPSA) is 54.4 Å². The Morgan fingerprint density at radius 2 is 1.27 bits per heavy atom. The van der Waals surface area contributed by atoms with Crippen molar-refractivity contribution in [1.82, 2.24) is 9.97 Å². The van der Waals surface area contributed by atoms with Crippen LogP contribution in [0.3, 0.4) is 0 Å². The van der Waals surface area contributed by atoms with Crippen molar-refractivity contribution in [3.63, 3.8) is 0 Å². The molecule has 2 aromatic carbocycles. The molecule has 134 valence electrons. The monoisotopic (exact) mass is 347 g/mol. The summed E-state index contributed by atoms with van der Waals surface area (Å²) in [5, 5.41) is 5.44. The molecule has 0 aliphatic rings. The molecule has 0 saturated heterocycles. The van der Waals surface area contributed by atoms with Gasteiger partial charge in [-0.15, -0.1) is 0 Å². The molecule has 0 radical (unpaired) electrons. The number of nitrogens with one attached hydrogen (secondary N) is 1. The zero-order chi connectivity index (χ0) is 18.5. The number of rotatable bonds is 6. The lowest BCUT2D eigenvalue weighted by atomic mass is 10.0. The van der Waals surface area contributed by atoms with Crippen LogP contribution < -0.4 is 10.6 Å². The molecule has 0 fully saturated rings. The van der Waals surface area contributed by atoms with E-state index < -0.39 is 0 Å². The van der Waals surface area contributed by atoms with Gasteiger partial charge in [-0.05, 0) is 47.2 Å². The van der Waals surface area contributed by atoms with Crippen molar-refractivity contribution in [3.8, 4) is 0 Å². The van der Waals surface area contributed by atoms with Crippen LogP contribution in [0.15, 0.2) is 60.9 Å². The summed E-state index contributed by atoms with van der Waals surface area (Å²) in [6, 6.07) is 17.1. The maximum atomic E-state index is 4.49. The van der Waals surface area contributed by atoms with Gasteiger partial charge in [0.25, 0.3) is 5.82 Å². The van der Waals surface area contributed by atoms with Crippen LogP contribution >= 0.6 is 0 Å². The van der Waals surface area contributed by atoms with E-state index in [2.05, 4.69) is 96.8 Å². The van der Waals surface area contributed by atoms with Gasteiger partial charge in [-0.25, -0.2) is 4.98 Å². The van der Waals surface area contributed by atoms with E-state index in [0.717, 1.165) is 23.0 Å². The number of quaternary nitrogens is 1. The Hall–Kier alpha value is -2.72. The van der Waals surface area contributed by atoms with Gasteiger partial charge < -0.3 is 5.32 Å². The summed E-state index contributed by atoms with van der Waals surface area (Å²) in [5.74, 6) is 2.65. The summed E-state index contributed by atoms with van der Waals surface area (Å²) >= 11 is 0. The summed E-state index contributed by atoms with van der Waals surface area (Å²) in [7, 11) is 0. The van der Waals surface area contributed by atoms with E-state index in [1.165, 1.54) is 11.1 Å². The zero-order valence-corrected chi connectivity index (χ0v) is 15.9. The van der Waals surface area contributed by atoms with E-state index in [9.17, 15) is 0 Å². The summed E-state index contributed by atoms with van der Waals surface area (Å²) in [4.78, 5) is 8.96. The fourth-order valence-corrected chi connectivity index (χ4v) is 2.77. The highest BCUT2D eigenvalue weighted by Crippen LogP contribution is 2.22. The number of aromatic nitrogens is 2. The van der Waals surface area contributed by atoms with Gasteiger partial charge >= 0.3 is 0 Å². The Kier molecular flexibility index (Phi) is 5.64. The van der Waals surface area contributed by atoms with E-state index in [-0.39, 0.29) is 0 Å². The molecule has 0 aliphatic carbocycles. The predicted octanol–water partition coefficient (Wildman–Crippen LogP) is 4.99. The Balaban J connectivity index is 1.77. The number of anilines is 2. The number of benzene rings is 2. The van der Waals surface area contributed by atoms with E-state index in [4.69, 9.17) is 0 Å². The molecule has 3 rings (SSSR count). The fraction of sp³-hybridized carbons (Fsp3) is 0.273. The van der Waals surface area contributed by atoms with Crippen LogP contribution in [0.5, 0.6) is 0 Å². The average molecular weight is 347 g/mol. The molecule has 0 atom stereocenters. The highest BCUT2D eigenvalue weighted by molar-refractivity contribution is 5.63. The molecule has 0 amide bonds. The van der Waals surface area contributed by atoms with Crippen LogP contribution in [0.4, 0.5) is 23.0 Å². The second-order valence-corrected chi connectivity index (χ2v) is 7.16. The molecule has 26 heavy (non-hydrogen) atoms. The van der Waals surface area contributed by atoms with Crippen molar-refractivity contribution in [2.24, 2.45) is 0 Å². The van der Waals surface area contributed by atoms with Gasteiger partial charge in [0.15, 0.2) is 0 Å². The molecule has 3 aromatic rings. The quantitative estimate of drug-likeness (QED) is 0.617. The third-order valence-electron chi connectivity index (χ3n) is 4.47. The first-order valence-corrected chi connectivity index (χ1v) is 9.15. The second kappa shape index (κ2) is 8.11. The normalized spacial score (nSPS) is 11.2. The lowest BCUT2D eigenvalue weighted by molar-refractivity contribution is -0.482. The van der Waals surface area contributed by atoms with Gasteiger partial charge in [0.2, 0.25) is 5.82 Å². The highest BCUT2D eigenvalue weighted by atomic mass is 15.1. The van der Waals surface area contributed by atoms with Crippen molar-refractivity contribution in [2.45, 2.75) is 39.5 Å². The molecule has 3 N–H and O–H groups in total. The summed E-state index contributed by atoms with van der Waals surface area (Å²) in [6.45, 7) is 8.80. The van der Waals surface area contributed by atoms with E-state index in [0.29, 0.717) is 11.8 Å². The Bertz CT molecular complexity index is 764. The maximum Gasteiger partial charge on any atom is 0.273 e. The maximum absolute atomic E-state index is 4.49. The Labute approximate surface area is 155 Å². The minimum absolute atomic E-state index is 0.526. The van der Waals surface area contributed by atoms with Gasteiger partial charge in [-0.1, -0.05) is 52.0 Å². The SMILES string of the molecule is CC(C)c1ccc(Nc2nccnc2[NH2+]c2ccc(C(C)C)cc2)cc1. The van der Waals surface area contributed by atoms with E-state index >= 15 is 0 Å². The summed E-state index contributed by atoms with van der Waals surface area (Å²) in [6.07, 6.45) is 3.44. The third kappa shape index (κ3) is 4.46. The largest absolute Gasteiger partial charge is 0.334 e. The van der Waals surface area contributed by atoms with Crippen LogP contribution in [-0.2, 0) is 0 Å². The first kappa shape index (κ1) is 18.1.